The molecule has 3 aliphatic heterocycles. The van der Waals surface area contributed by atoms with Crippen LogP contribution in [0.4, 0.5) is 0 Å². The molecule has 27 heavy (non-hydrogen) atoms. The molecule has 6 nitrogen and oxygen atoms in total. The first kappa shape index (κ1) is 16.8. The maximum Gasteiger partial charge on any atom is 0.320 e. The van der Waals surface area contributed by atoms with Crippen molar-refractivity contribution in [1.82, 2.24) is 9.88 Å². The van der Waals surface area contributed by atoms with Crippen molar-refractivity contribution in [2.45, 2.75) is 31.9 Å². The molecule has 142 valence electrons. The number of methoxy groups -OCH3 is 1. The first-order valence-electron chi connectivity index (χ1n) is 9.70. The third-order valence-corrected chi connectivity index (χ3v) is 6.80. The zero-order valence-electron chi connectivity index (χ0n) is 15.6. The maximum absolute atomic E-state index is 12.5. The summed E-state index contributed by atoms with van der Waals surface area (Å²) in [5, 5.41) is 1.29. The van der Waals surface area contributed by atoms with E-state index in [9.17, 15) is 9.59 Å². The quantitative estimate of drug-likeness (QED) is 0.618. The maximum atomic E-state index is 12.5. The molecule has 2 saturated heterocycles. The Labute approximate surface area is 157 Å². The lowest BCUT2D eigenvalue weighted by molar-refractivity contribution is -0.186. The van der Waals surface area contributed by atoms with Gasteiger partial charge in [-0.05, 0) is 37.3 Å². The first-order chi connectivity index (χ1) is 13.1. The van der Waals surface area contributed by atoms with E-state index in [1.54, 1.807) is 0 Å². The number of carbonyl (C=O) groups excluding carboxylic acids is 2. The number of ether oxygens (including phenoxy) is 2. The molecule has 6 heteroatoms. The third-order valence-electron chi connectivity index (χ3n) is 6.80. The lowest BCUT2D eigenvalue weighted by Crippen LogP contribution is -2.57. The van der Waals surface area contributed by atoms with Crippen LogP contribution in [0, 0.1) is 17.8 Å². The van der Waals surface area contributed by atoms with Gasteiger partial charge in [-0.1, -0.05) is 18.2 Å². The highest BCUT2D eigenvalue weighted by Gasteiger charge is 2.53. The largest absolute Gasteiger partial charge is 0.468 e. The Kier molecular flexibility index (Phi) is 3.79. The second kappa shape index (κ2) is 6.09. The van der Waals surface area contributed by atoms with E-state index in [2.05, 4.69) is 28.1 Å². The number of benzene rings is 1. The van der Waals surface area contributed by atoms with E-state index in [0.717, 1.165) is 31.4 Å². The summed E-state index contributed by atoms with van der Waals surface area (Å²) in [4.78, 5) is 30.9. The number of nitrogens with one attached hydrogen (secondary N) is 1. The van der Waals surface area contributed by atoms with Crippen molar-refractivity contribution < 1.29 is 19.1 Å². The molecule has 0 amide bonds. The molecule has 1 N–H and O–H groups in total. The number of rotatable bonds is 1. The van der Waals surface area contributed by atoms with Crippen LogP contribution in [-0.2, 0) is 25.5 Å². The minimum absolute atomic E-state index is 0.0488. The molecule has 0 spiro atoms. The third kappa shape index (κ3) is 2.42. The fraction of sp³-hybridized carbons (Fsp3) is 0.524. The van der Waals surface area contributed by atoms with Crippen LogP contribution in [0.1, 0.15) is 30.6 Å². The molecule has 5 atom stereocenters. The summed E-state index contributed by atoms with van der Waals surface area (Å²) in [6.45, 7) is 3.78. The zero-order valence-corrected chi connectivity index (χ0v) is 15.6. The van der Waals surface area contributed by atoms with Gasteiger partial charge < -0.3 is 14.5 Å². The highest BCUT2D eigenvalue weighted by Crippen LogP contribution is 2.48. The van der Waals surface area contributed by atoms with Gasteiger partial charge in [-0.3, -0.25) is 14.5 Å². The summed E-state index contributed by atoms with van der Waals surface area (Å²) in [5.41, 5.74) is 3.79. The van der Waals surface area contributed by atoms with Gasteiger partial charge in [-0.15, -0.1) is 0 Å². The van der Waals surface area contributed by atoms with Crippen LogP contribution in [0.25, 0.3) is 10.9 Å². The number of nitrogens with zero attached hydrogens (tertiary/aromatic N) is 1. The van der Waals surface area contributed by atoms with Crippen molar-refractivity contribution in [2.24, 2.45) is 17.8 Å². The van der Waals surface area contributed by atoms with Gasteiger partial charge in [0.05, 0.1) is 13.2 Å². The number of hydrogen-bond acceptors (Lipinski definition) is 5. The summed E-state index contributed by atoms with van der Waals surface area (Å²) >= 11 is 0. The first-order valence-corrected chi connectivity index (χ1v) is 9.70. The summed E-state index contributed by atoms with van der Waals surface area (Å²) in [6, 6.07) is 8.61. The molecule has 2 fully saturated rings. The van der Waals surface area contributed by atoms with Crippen LogP contribution < -0.4 is 0 Å². The predicted octanol–water partition coefficient (Wildman–Crippen LogP) is 2.44. The average molecular weight is 368 g/mol. The highest BCUT2D eigenvalue weighted by molar-refractivity contribution is 5.96. The number of esters is 2. The molecule has 2 aromatic rings. The van der Waals surface area contributed by atoms with Gasteiger partial charge in [0.25, 0.3) is 0 Å². The van der Waals surface area contributed by atoms with Crippen molar-refractivity contribution >= 4 is 22.8 Å². The number of cyclic esters (lactones) is 1. The van der Waals surface area contributed by atoms with Crippen LogP contribution in [0.15, 0.2) is 24.3 Å². The van der Waals surface area contributed by atoms with E-state index < -0.39 is 17.9 Å². The summed E-state index contributed by atoms with van der Waals surface area (Å²) in [5.74, 6) is -1.60. The molecule has 0 saturated carbocycles. The summed E-state index contributed by atoms with van der Waals surface area (Å²) in [7, 11) is 1.34. The van der Waals surface area contributed by atoms with Crippen LogP contribution in [-0.4, -0.2) is 48.1 Å². The van der Waals surface area contributed by atoms with Gasteiger partial charge in [0.2, 0.25) is 0 Å². The minimum Gasteiger partial charge on any atom is -0.468 e. The molecule has 0 bridgehead atoms. The number of carbonyl (C=O) groups is 2. The molecule has 3 aliphatic rings. The van der Waals surface area contributed by atoms with E-state index in [1.165, 1.54) is 23.8 Å². The SMILES string of the molecule is COC(=O)[C@H]1C(=O)O[C@H](C)[C@H]2CN3CCc4c([nH]c5ccccc45)[C@H]3C[C@H]12. The second-order valence-corrected chi connectivity index (χ2v) is 8.03. The van der Waals surface area contributed by atoms with Crippen molar-refractivity contribution in [3.8, 4) is 0 Å². The smallest absolute Gasteiger partial charge is 0.320 e. The van der Waals surface area contributed by atoms with E-state index in [4.69, 9.17) is 9.47 Å². The zero-order chi connectivity index (χ0) is 18.7. The molecule has 1 aromatic carbocycles. The Balaban J connectivity index is 1.55. The van der Waals surface area contributed by atoms with Gasteiger partial charge in [0, 0.05) is 35.6 Å². The molecule has 4 heterocycles. The normalized spacial score (nSPS) is 33.0. The lowest BCUT2D eigenvalue weighted by atomic mass is 9.69. The average Bonchev–Trinajstić information content (AvgIpc) is 3.06. The predicted molar refractivity (Wildman–Crippen MR) is 99.0 cm³/mol. The molecular weight excluding hydrogens is 344 g/mol. The number of aromatic amines is 1. The number of piperidine rings is 1. The summed E-state index contributed by atoms with van der Waals surface area (Å²) in [6.07, 6.45) is 1.61. The monoisotopic (exact) mass is 368 g/mol. The number of para-hydroxylation sites is 1. The van der Waals surface area contributed by atoms with Crippen LogP contribution in [0.3, 0.4) is 0 Å². The molecule has 0 aliphatic carbocycles. The topological polar surface area (TPSA) is 71.6 Å². The van der Waals surface area contributed by atoms with Gasteiger partial charge >= 0.3 is 11.9 Å². The Morgan fingerprint density at radius 3 is 2.93 bits per heavy atom. The van der Waals surface area contributed by atoms with Crippen molar-refractivity contribution in [3.63, 3.8) is 0 Å². The Morgan fingerprint density at radius 2 is 2.11 bits per heavy atom. The molecule has 5 rings (SSSR count). The van der Waals surface area contributed by atoms with Crippen molar-refractivity contribution in [3.05, 3.63) is 35.5 Å². The number of aromatic nitrogens is 1. The standard InChI is InChI=1S/C21H24N2O4/c1-11-15-10-23-8-7-13-12-5-3-4-6-16(12)22-19(13)17(23)9-14(15)18(20(24)26-2)21(25)27-11/h3-6,11,14-15,17-18,22H,7-10H2,1-2H3/t11-,14+,15-,17-,18+/m1/s1. The van der Waals surface area contributed by atoms with Crippen LogP contribution >= 0.6 is 0 Å². The van der Waals surface area contributed by atoms with Crippen LogP contribution in [0.2, 0.25) is 0 Å². The van der Waals surface area contributed by atoms with Gasteiger partial charge in [0.15, 0.2) is 5.92 Å². The van der Waals surface area contributed by atoms with Crippen LogP contribution in [0.5, 0.6) is 0 Å². The molecule has 1 aromatic heterocycles. The lowest BCUT2D eigenvalue weighted by Gasteiger charge is -2.50. The Morgan fingerprint density at radius 1 is 1.30 bits per heavy atom. The number of H-pyrrole nitrogens is 1. The fourth-order valence-corrected chi connectivity index (χ4v) is 5.49. The second-order valence-electron chi connectivity index (χ2n) is 8.03. The molecule has 0 unspecified atom stereocenters. The van der Waals surface area contributed by atoms with Gasteiger partial charge in [-0.2, -0.15) is 0 Å². The fourth-order valence-electron chi connectivity index (χ4n) is 5.49. The van der Waals surface area contributed by atoms with Gasteiger partial charge in [-0.25, -0.2) is 0 Å². The van der Waals surface area contributed by atoms with E-state index in [0.29, 0.717) is 0 Å². The van der Waals surface area contributed by atoms with E-state index >= 15 is 0 Å². The Bertz CT molecular complexity index is 920. The Hall–Kier alpha value is -2.34. The van der Waals surface area contributed by atoms with Crippen molar-refractivity contribution in [1.29, 1.82) is 0 Å². The number of hydrogen-bond donors (Lipinski definition) is 1. The molecule has 0 radical (unpaired) electrons. The number of fused-ring (bicyclic) bond motifs is 6. The van der Waals surface area contributed by atoms with E-state index in [-0.39, 0.29) is 24.0 Å². The van der Waals surface area contributed by atoms with Gasteiger partial charge in [0.1, 0.15) is 6.10 Å². The van der Waals surface area contributed by atoms with Crippen molar-refractivity contribution in [2.75, 3.05) is 20.2 Å². The molecular formula is C21H24N2O4. The van der Waals surface area contributed by atoms with E-state index in [1.807, 2.05) is 13.0 Å². The highest BCUT2D eigenvalue weighted by atomic mass is 16.6. The summed E-state index contributed by atoms with van der Waals surface area (Å²) < 4.78 is 10.5. The minimum atomic E-state index is -0.812.